The van der Waals surface area contributed by atoms with E-state index >= 15 is 0 Å². The van der Waals surface area contributed by atoms with Crippen LogP contribution in [0, 0.1) is 0 Å². The maximum Gasteiger partial charge on any atom is 0.336 e. The third-order valence-corrected chi connectivity index (χ3v) is 2.02. The minimum Gasteiger partial charge on any atom is -0.375 e. The zero-order chi connectivity index (χ0) is 13.0. The van der Waals surface area contributed by atoms with Crippen molar-refractivity contribution in [2.75, 3.05) is 26.1 Å². The Bertz CT molecular complexity index is 314. The van der Waals surface area contributed by atoms with Crippen LogP contribution in [0.15, 0.2) is 0 Å². The molecule has 0 aromatic carbocycles. The molecule has 0 heterocycles. The predicted octanol–water partition coefficient (Wildman–Crippen LogP) is 1.27. The molecule has 0 rings (SSSR count). The van der Waals surface area contributed by atoms with Gasteiger partial charge in [-0.2, -0.15) is 26.0 Å². The van der Waals surface area contributed by atoms with Gasteiger partial charge in [-0.1, -0.05) is 0 Å². The van der Waals surface area contributed by atoms with Gasteiger partial charge in [-0.25, -0.2) is 0 Å². The van der Waals surface area contributed by atoms with Gasteiger partial charge in [-0.05, 0) is 6.92 Å². The summed E-state index contributed by atoms with van der Waals surface area (Å²) in [5.74, 6) is -9.08. The summed E-state index contributed by atoms with van der Waals surface area (Å²) >= 11 is 0. The molecule has 0 atom stereocenters. The molecule has 0 spiro atoms. The summed E-state index contributed by atoms with van der Waals surface area (Å²) in [5, 5.41) is 0. The number of hydrogen-bond acceptors (Lipinski definition) is 4. The Morgan fingerprint density at radius 2 is 1.50 bits per heavy atom. The molecule has 0 fully saturated rings. The fourth-order valence-electron chi connectivity index (χ4n) is 0.622. The second-order valence-corrected chi connectivity index (χ2v) is 4.66. The highest BCUT2D eigenvalue weighted by molar-refractivity contribution is 7.85. The molecule has 16 heavy (non-hydrogen) atoms. The minimum atomic E-state index is -4.61. The molecule has 0 unspecified atom stereocenters. The Morgan fingerprint density at radius 1 is 1.06 bits per heavy atom. The van der Waals surface area contributed by atoms with E-state index in [1.165, 1.54) is 6.92 Å². The third-order valence-electron chi connectivity index (χ3n) is 1.48. The highest BCUT2D eigenvalue weighted by Crippen LogP contribution is 2.34. The second-order valence-electron chi connectivity index (χ2n) is 3.01. The average Bonchev–Trinajstić information content (AvgIpc) is 2.10. The second kappa shape index (κ2) is 5.28. The zero-order valence-electron chi connectivity index (χ0n) is 8.67. The molecular weight excluding hydrogens is 256 g/mol. The van der Waals surface area contributed by atoms with Gasteiger partial charge in [0, 0.05) is 6.61 Å². The molecule has 0 radical (unpaired) electrons. The summed E-state index contributed by atoms with van der Waals surface area (Å²) in [5.41, 5.74) is 0. The molecule has 0 aromatic rings. The van der Waals surface area contributed by atoms with Crippen molar-refractivity contribution in [1.82, 2.24) is 0 Å². The van der Waals surface area contributed by atoms with Crippen LogP contribution in [0.4, 0.5) is 17.6 Å². The Labute approximate surface area is 90.7 Å². The van der Waals surface area contributed by atoms with Crippen LogP contribution >= 0.6 is 0 Å². The summed E-state index contributed by atoms with van der Waals surface area (Å²) in [6.45, 7) is -2.20. The van der Waals surface area contributed by atoms with Crippen molar-refractivity contribution < 1.29 is 34.9 Å². The highest BCUT2D eigenvalue weighted by atomic mass is 32.2. The van der Waals surface area contributed by atoms with Crippen LogP contribution in [0.2, 0.25) is 0 Å². The van der Waals surface area contributed by atoms with Crippen LogP contribution in [0.3, 0.4) is 0 Å². The molecule has 0 aliphatic heterocycles. The first-order valence-corrected chi connectivity index (χ1v) is 6.01. The smallest absolute Gasteiger partial charge is 0.336 e. The van der Waals surface area contributed by atoms with Gasteiger partial charge in [-0.3, -0.25) is 4.18 Å². The Morgan fingerprint density at radius 3 is 1.88 bits per heavy atom. The zero-order valence-corrected chi connectivity index (χ0v) is 9.49. The molecule has 0 amide bonds. The fraction of sp³-hybridized carbons (Fsp3) is 1.00. The van der Waals surface area contributed by atoms with Crippen molar-refractivity contribution in [2.45, 2.75) is 18.8 Å². The molecule has 9 heteroatoms. The van der Waals surface area contributed by atoms with Crippen molar-refractivity contribution >= 4 is 10.1 Å². The van der Waals surface area contributed by atoms with Crippen LogP contribution < -0.4 is 0 Å². The van der Waals surface area contributed by atoms with Crippen LogP contribution in [0.5, 0.6) is 0 Å². The third kappa shape index (κ3) is 5.08. The van der Waals surface area contributed by atoms with Gasteiger partial charge in [0.25, 0.3) is 10.1 Å². The van der Waals surface area contributed by atoms with E-state index < -0.39 is 35.2 Å². The van der Waals surface area contributed by atoms with E-state index in [9.17, 15) is 26.0 Å². The van der Waals surface area contributed by atoms with E-state index in [1.54, 1.807) is 0 Å². The van der Waals surface area contributed by atoms with Gasteiger partial charge in [0.1, 0.15) is 13.2 Å². The average molecular weight is 268 g/mol. The molecule has 0 aliphatic rings. The van der Waals surface area contributed by atoms with Crippen LogP contribution in [0.1, 0.15) is 6.92 Å². The van der Waals surface area contributed by atoms with Gasteiger partial charge < -0.3 is 4.74 Å². The number of halogens is 4. The van der Waals surface area contributed by atoms with E-state index in [2.05, 4.69) is 8.92 Å². The molecule has 0 saturated carbocycles. The number of ether oxygens (including phenoxy) is 1. The lowest BCUT2D eigenvalue weighted by Crippen LogP contribution is -2.47. The molecule has 0 bridgehead atoms. The predicted molar refractivity (Wildman–Crippen MR) is 47.2 cm³/mol. The van der Waals surface area contributed by atoms with Crippen molar-refractivity contribution in [3.05, 3.63) is 0 Å². The Hall–Kier alpha value is -0.410. The van der Waals surface area contributed by atoms with Crippen LogP contribution in [-0.4, -0.2) is 46.3 Å². The van der Waals surface area contributed by atoms with E-state index in [0.29, 0.717) is 6.26 Å². The van der Waals surface area contributed by atoms with E-state index in [1.807, 2.05) is 0 Å². The van der Waals surface area contributed by atoms with Crippen molar-refractivity contribution in [1.29, 1.82) is 0 Å². The quantitative estimate of drug-likeness (QED) is 0.515. The van der Waals surface area contributed by atoms with Gasteiger partial charge in [0.05, 0.1) is 6.26 Å². The van der Waals surface area contributed by atoms with E-state index in [4.69, 9.17) is 0 Å². The fourth-order valence-corrected chi connectivity index (χ4v) is 0.985. The van der Waals surface area contributed by atoms with E-state index in [0.717, 1.165) is 0 Å². The maximum atomic E-state index is 12.8. The first kappa shape index (κ1) is 15.6. The van der Waals surface area contributed by atoms with Gasteiger partial charge in [0.2, 0.25) is 0 Å². The first-order valence-electron chi connectivity index (χ1n) is 4.19. The van der Waals surface area contributed by atoms with E-state index in [-0.39, 0.29) is 6.61 Å². The van der Waals surface area contributed by atoms with Crippen LogP contribution in [0.25, 0.3) is 0 Å². The normalized spacial score (nSPS) is 14.1. The maximum absolute atomic E-state index is 12.8. The minimum absolute atomic E-state index is 0.154. The largest absolute Gasteiger partial charge is 0.375 e. The van der Waals surface area contributed by atoms with Gasteiger partial charge in [-0.15, -0.1) is 0 Å². The Balaban J connectivity index is 4.51. The summed E-state index contributed by atoms with van der Waals surface area (Å²) in [4.78, 5) is 0. The van der Waals surface area contributed by atoms with Gasteiger partial charge >= 0.3 is 11.8 Å². The van der Waals surface area contributed by atoms with Gasteiger partial charge in [0.15, 0.2) is 0 Å². The van der Waals surface area contributed by atoms with Crippen molar-refractivity contribution in [3.8, 4) is 0 Å². The molecule has 0 N–H and O–H groups in total. The van der Waals surface area contributed by atoms with Crippen molar-refractivity contribution in [3.63, 3.8) is 0 Å². The molecule has 4 nitrogen and oxygen atoms in total. The monoisotopic (exact) mass is 268 g/mol. The number of rotatable bonds is 7. The molecule has 98 valence electrons. The van der Waals surface area contributed by atoms with Crippen molar-refractivity contribution in [2.24, 2.45) is 0 Å². The number of alkyl halides is 4. The van der Waals surface area contributed by atoms with Crippen LogP contribution in [-0.2, 0) is 19.0 Å². The lowest BCUT2D eigenvalue weighted by atomic mass is 10.2. The molecule has 0 aliphatic carbocycles. The lowest BCUT2D eigenvalue weighted by molar-refractivity contribution is -0.241. The SMILES string of the molecule is CCOCC(F)(F)C(F)(F)COS(C)(=O)=O. The topological polar surface area (TPSA) is 52.6 Å². The highest BCUT2D eigenvalue weighted by Gasteiger charge is 2.57. The summed E-state index contributed by atoms with van der Waals surface area (Å²) in [7, 11) is -4.19. The lowest BCUT2D eigenvalue weighted by Gasteiger charge is -2.25. The summed E-state index contributed by atoms with van der Waals surface area (Å²) < 4.78 is 79.9. The molecule has 0 aromatic heterocycles. The molecular formula is C7H12F4O4S. The summed E-state index contributed by atoms with van der Waals surface area (Å²) in [6.07, 6.45) is 0.490. The standard InChI is InChI=1S/C7H12F4O4S/c1-3-14-4-6(8,9)7(10,11)5-15-16(2,12)13/h3-5H2,1-2H3. The molecule has 0 saturated heterocycles. The number of hydrogen-bond donors (Lipinski definition) is 0. The Kier molecular flexibility index (Phi) is 5.15. The first-order chi connectivity index (χ1) is 7.02. The summed E-state index contributed by atoms with van der Waals surface area (Å²) in [6, 6.07) is 0.